The summed E-state index contributed by atoms with van der Waals surface area (Å²) in [6, 6.07) is 24.9. The number of nitrogens with zero attached hydrogens (tertiary/aromatic N) is 3. The normalized spacial score (nSPS) is 10.8. The van der Waals surface area contributed by atoms with Crippen LogP contribution in [-0.4, -0.2) is 31.2 Å². The second kappa shape index (κ2) is 9.89. The second-order valence-electron chi connectivity index (χ2n) is 7.29. The number of hydrogen-bond acceptors (Lipinski definition) is 6. The fraction of sp³-hybridized carbons (Fsp3) is 0.0800. The van der Waals surface area contributed by atoms with Crippen LogP contribution in [-0.2, 0) is 0 Å². The molecule has 0 saturated carbocycles. The number of aromatic nitrogens is 1. The second-order valence-corrected chi connectivity index (χ2v) is 8.15. The fourth-order valence-electron chi connectivity index (χ4n) is 3.00. The van der Waals surface area contributed by atoms with Crippen LogP contribution >= 0.6 is 11.3 Å². The number of carbonyl (C=O) groups is 1. The molecule has 4 rings (SSSR count). The maximum Gasteiger partial charge on any atom is 0.255 e. The molecule has 2 N–H and O–H groups in total. The molecule has 1 aromatic heterocycles. The van der Waals surface area contributed by atoms with Crippen molar-refractivity contribution in [2.75, 3.05) is 29.7 Å². The van der Waals surface area contributed by atoms with Gasteiger partial charge in [0.15, 0.2) is 0 Å². The Bertz CT molecular complexity index is 1200. The summed E-state index contributed by atoms with van der Waals surface area (Å²) >= 11 is 1.49. The fourth-order valence-corrected chi connectivity index (χ4v) is 3.66. The summed E-state index contributed by atoms with van der Waals surface area (Å²) in [5.41, 5.74) is 8.32. The van der Waals surface area contributed by atoms with Gasteiger partial charge in [0.1, 0.15) is 0 Å². The van der Waals surface area contributed by atoms with Gasteiger partial charge in [0.05, 0.1) is 11.9 Å². The van der Waals surface area contributed by atoms with Gasteiger partial charge in [-0.1, -0.05) is 42.5 Å². The summed E-state index contributed by atoms with van der Waals surface area (Å²) in [6.07, 6.45) is 1.77. The molecule has 32 heavy (non-hydrogen) atoms. The summed E-state index contributed by atoms with van der Waals surface area (Å²) in [6.45, 7) is 0. The molecule has 0 aliphatic heterocycles. The van der Waals surface area contributed by atoms with Crippen molar-refractivity contribution in [2.45, 2.75) is 0 Å². The van der Waals surface area contributed by atoms with E-state index in [1.54, 1.807) is 18.3 Å². The molecule has 1 heterocycles. The average Bonchev–Trinajstić information content (AvgIpc) is 3.29. The molecule has 0 aliphatic rings. The van der Waals surface area contributed by atoms with E-state index in [2.05, 4.69) is 37.9 Å². The van der Waals surface area contributed by atoms with E-state index in [-0.39, 0.29) is 5.91 Å². The minimum Gasteiger partial charge on any atom is -0.378 e. The maximum atomic E-state index is 12.3. The highest BCUT2D eigenvalue weighted by Crippen LogP contribution is 2.26. The first-order valence-corrected chi connectivity index (χ1v) is 11.0. The largest absolute Gasteiger partial charge is 0.378 e. The predicted molar refractivity (Wildman–Crippen MR) is 134 cm³/mol. The number of rotatable bonds is 7. The molecule has 4 aromatic rings. The first-order valence-electron chi connectivity index (χ1n) is 10.1. The third-order valence-electron chi connectivity index (χ3n) is 4.76. The zero-order valence-corrected chi connectivity index (χ0v) is 18.6. The van der Waals surface area contributed by atoms with Crippen molar-refractivity contribution in [3.05, 3.63) is 95.4 Å². The minimum absolute atomic E-state index is 0.132. The molecule has 7 heteroatoms. The summed E-state index contributed by atoms with van der Waals surface area (Å²) in [5, 5.41) is 9.87. The van der Waals surface area contributed by atoms with Crippen LogP contribution in [0.1, 0.15) is 15.9 Å². The van der Waals surface area contributed by atoms with Crippen LogP contribution in [0.5, 0.6) is 0 Å². The molecular weight excluding hydrogens is 418 g/mol. The summed E-state index contributed by atoms with van der Waals surface area (Å²) in [5.74, 6) is -0.132. The molecule has 160 valence electrons. The Kier molecular flexibility index (Phi) is 6.57. The van der Waals surface area contributed by atoms with Crippen molar-refractivity contribution in [3.63, 3.8) is 0 Å². The molecule has 0 unspecified atom stereocenters. The van der Waals surface area contributed by atoms with Crippen molar-refractivity contribution in [1.82, 2.24) is 4.98 Å². The van der Waals surface area contributed by atoms with Crippen LogP contribution in [0.25, 0.3) is 11.3 Å². The number of benzene rings is 3. The summed E-state index contributed by atoms with van der Waals surface area (Å²) < 4.78 is 0. The third kappa shape index (κ3) is 5.39. The van der Waals surface area contributed by atoms with E-state index >= 15 is 0 Å². The molecule has 0 aliphatic carbocycles. The summed E-state index contributed by atoms with van der Waals surface area (Å²) in [7, 11) is 4.03. The van der Waals surface area contributed by atoms with E-state index in [4.69, 9.17) is 0 Å². The van der Waals surface area contributed by atoms with Crippen LogP contribution in [0.3, 0.4) is 0 Å². The maximum absolute atomic E-state index is 12.3. The van der Waals surface area contributed by atoms with E-state index in [9.17, 15) is 4.79 Å². The van der Waals surface area contributed by atoms with Gasteiger partial charge < -0.3 is 10.2 Å². The van der Waals surface area contributed by atoms with Crippen LogP contribution < -0.4 is 15.6 Å². The van der Waals surface area contributed by atoms with Gasteiger partial charge in [-0.05, 0) is 42.0 Å². The molecule has 1 amide bonds. The minimum atomic E-state index is -0.132. The Morgan fingerprint density at radius 1 is 0.969 bits per heavy atom. The van der Waals surface area contributed by atoms with E-state index in [1.165, 1.54) is 11.3 Å². The molecule has 6 nitrogen and oxygen atoms in total. The Balaban J connectivity index is 1.35. The Morgan fingerprint density at radius 2 is 1.69 bits per heavy atom. The molecule has 0 bridgehead atoms. The van der Waals surface area contributed by atoms with E-state index < -0.39 is 0 Å². The lowest BCUT2D eigenvalue weighted by atomic mass is 10.1. The highest BCUT2D eigenvalue weighted by atomic mass is 32.1. The number of hydrogen-bond donors (Lipinski definition) is 2. The van der Waals surface area contributed by atoms with Gasteiger partial charge in [0.25, 0.3) is 5.91 Å². The average molecular weight is 442 g/mol. The topological polar surface area (TPSA) is 69.6 Å². The predicted octanol–water partition coefficient (Wildman–Crippen LogP) is 5.57. The van der Waals surface area contributed by atoms with Crippen LogP contribution in [0.15, 0.2) is 89.3 Å². The Labute approximate surface area is 191 Å². The highest BCUT2D eigenvalue weighted by molar-refractivity contribution is 7.14. The smallest absolute Gasteiger partial charge is 0.255 e. The lowest BCUT2D eigenvalue weighted by molar-refractivity contribution is 0.102. The lowest BCUT2D eigenvalue weighted by Crippen LogP contribution is -2.11. The van der Waals surface area contributed by atoms with Crippen LogP contribution in [0, 0.1) is 0 Å². The number of hydrazone groups is 1. The first-order chi connectivity index (χ1) is 15.6. The third-order valence-corrected chi connectivity index (χ3v) is 5.51. The molecule has 0 radical (unpaired) electrons. The van der Waals surface area contributed by atoms with Crippen LogP contribution in [0.2, 0.25) is 0 Å². The van der Waals surface area contributed by atoms with E-state index in [1.807, 2.05) is 74.1 Å². The monoisotopic (exact) mass is 441 g/mol. The van der Waals surface area contributed by atoms with Gasteiger partial charge in [-0.3, -0.25) is 10.2 Å². The van der Waals surface area contributed by atoms with E-state index in [0.717, 1.165) is 28.2 Å². The highest BCUT2D eigenvalue weighted by Gasteiger charge is 2.07. The number of thiazole rings is 1. The Morgan fingerprint density at radius 3 is 2.38 bits per heavy atom. The molecule has 0 fully saturated rings. The Hall–Kier alpha value is -3.97. The lowest BCUT2D eigenvalue weighted by Gasteiger charge is -2.11. The molecular formula is C25H23N5OS. The van der Waals surface area contributed by atoms with Crippen molar-refractivity contribution in [1.29, 1.82) is 0 Å². The van der Waals surface area contributed by atoms with E-state index in [0.29, 0.717) is 10.7 Å². The summed E-state index contributed by atoms with van der Waals surface area (Å²) in [4.78, 5) is 18.9. The number of amides is 1. The molecule has 0 atom stereocenters. The number of carbonyl (C=O) groups excluding carboxylic acids is 1. The first kappa shape index (κ1) is 21.3. The van der Waals surface area contributed by atoms with Crippen molar-refractivity contribution >= 4 is 40.0 Å². The SMILES string of the molecule is CN(C)c1ccc(/C=N\Nc2nc(-c3ccc(NC(=O)c4ccccc4)cc3)cs2)cc1. The molecule has 3 aromatic carbocycles. The number of anilines is 3. The van der Waals surface area contributed by atoms with Crippen molar-refractivity contribution in [2.24, 2.45) is 5.10 Å². The van der Waals surface area contributed by atoms with Gasteiger partial charge in [-0.2, -0.15) is 5.10 Å². The molecule has 0 spiro atoms. The van der Waals surface area contributed by atoms with Crippen LogP contribution in [0.4, 0.5) is 16.5 Å². The molecule has 0 saturated heterocycles. The van der Waals surface area contributed by atoms with Crippen molar-refractivity contribution in [3.8, 4) is 11.3 Å². The zero-order chi connectivity index (χ0) is 22.3. The quantitative estimate of drug-likeness (QED) is 0.290. The zero-order valence-electron chi connectivity index (χ0n) is 17.8. The van der Waals surface area contributed by atoms with Gasteiger partial charge in [0.2, 0.25) is 5.13 Å². The van der Waals surface area contributed by atoms with Gasteiger partial charge in [-0.25, -0.2) is 4.98 Å². The van der Waals surface area contributed by atoms with Gasteiger partial charge >= 0.3 is 0 Å². The standard InChI is InChI=1S/C25H23N5OS/c1-30(2)22-14-8-18(9-15-22)16-26-29-25-28-23(17-32-25)19-10-12-21(13-11-19)27-24(31)20-6-4-3-5-7-20/h3-17H,1-2H3,(H,27,31)(H,28,29)/b26-16-. The van der Waals surface area contributed by atoms with Crippen molar-refractivity contribution < 1.29 is 4.79 Å². The number of nitrogens with one attached hydrogen (secondary N) is 2. The van der Waals surface area contributed by atoms with Gasteiger partial charge in [0, 0.05) is 42.0 Å². The van der Waals surface area contributed by atoms with Gasteiger partial charge in [-0.15, -0.1) is 11.3 Å².